The number of carbonyl (C=O) groups excluding carboxylic acids is 1. The zero-order valence-corrected chi connectivity index (χ0v) is 16.3. The Bertz CT molecular complexity index is 981. The van der Waals surface area contributed by atoms with E-state index >= 15 is 0 Å². The van der Waals surface area contributed by atoms with E-state index < -0.39 is 0 Å². The predicted molar refractivity (Wildman–Crippen MR) is 114 cm³/mol. The number of nitrogens with one attached hydrogen (secondary N) is 1. The average Bonchev–Trinajstić information content (AvgIpc) is 2.75. The lowest BCUT2D eigenvalue weighted by atomic mass is 10.1. The van der Waals surface area contributed by atoms with Crippen LogP contribution in [0.3, 0.4) is 0 Å². The fourth-order valence-corrected chi connectivity index (χ4v) is 3.52. The lowest BCUT2D eigenvalue weighted by Gasteiger charge is -2.36. The van der Waals surface area contributed by atoms with Crippen LogP contribution in [-0.2, 0) is 0 Å². The van der Waals surface area contributed by atoms with Gasteiger partial charge in [0.05, 0.1) is 11.9 Å². The van der Waals surface area contributed by atoms with Gasteiger partial charge in [-0.3, -0.25) is 4.79 Å². The highest BCUT2D eigenvalue weighted by molar-refractivity contribution is 6.05. The minimum Gasteiger partial charge on any atom is -0.368 e. The van der Waals surface area contributed by atoms with Crippen molar-refractivity contribution >= 4 is 23.1 Å². The Kier molecular flexibility index (Phi) is 5.42. The van der Waals surface area contributed by atoms with Crippen LogP contribution in [0.25, 0.3) is 0 Å². The number of anilines is 3. The van der Waals surface area contributed by atoms with Crippen molar-refractivity contribution in [2.24, 2.45) is 0 Å². The van der Waals surface area contributed by atoms with E-state index in [2.05, 4.69) is 20.1 Å². The monoisotopic (exact) mass is 390 g/mol. The van der Waals surface area contributed by atoms with Gasteiger partial charge in [-0.2, -0.15) is 0 Å². The normalized spacial score (nSPS) is 14.0. The van der Waals surface area contributed by atoms with Gasteiger partial charge in [0, 0.05) is 37.4 Å². The van der Waals surface area contributed by atoms with Crippen LogP contribution in [0.2, 0.25) is 0 Å². The highest BCUT2D eigenvalue weighted by atomic mass is 19.1. The van der Waals surface area contributed by atoms with Gasteiger partial charge in [0.15, 0.2) is 0 Å². The average molecular weight is 390 g/mol. The standard InChI is InChI=1S/C23H23FN4O/c1-17-4-2-3-5-21(17)23(29)26-19-8-11-22(25-16-19)28-14-12-27(13-15-28)20-9-6-18(24)7-10-20/h2-11,16H,12-15H2,1H3,(H,26,29). The molecule has 3 aromatic rings. The van der Waals surface area contributed by atoms with E-state index in [-0.39, 0.29) is 11.7 Å². The van der Waals surface area contributed by atoms with Crippen molar-refractivity contribution in [3.8, 4) is 0 Å². The maximum absolute atomic E-state index is 13.1. The Morgan fingerprint density at radius 1 is 0.931 bits per heavy atom. The summed E-state index contributed by atoms with van der Waals surface area (Å²) in [5, 5.41) is 2.90. The van der Waals surface area contributed by atoms with Crippen molar-refractivity contribution in [3.05, 3.63) is 83.8 Å². The minimum atomic E-state index is -0.216. The molecule has 0 unspecified atom stereocenters. The zero-order valence-electron chi connectivity index (χ0n) is 16.3. The summed E-state index contributed by atoms with van der Waals surface area (Å²) in [5.41, 5.74) is 3.31. The summed E-state index contributed by atoms with van der Waals surface area (Å²) >= 11 is 0. The number of nitrogens with zero attached hydrogens (tertiary/aromatic N) is 3. The molecule has 0 radical (unpaired) electrons. The summed E-state index contributed by atoms with van der Waals surface area (Å²) in [6.07, 6.45) is 1.69. The molecular formula is C23H23FN4O. The van der Waals surface area contributed by atoms with E-state index in [4.69, 9.17) is 0 Å². The maximum Gasteiger partial charge on any atom is 0.255 e. The molecule has 1 aliphatic rings. The Morgan fingerprint density at radius 3 is 2.28 bits per heavy atom. The van der Waals surface area contributed by atoms with E-state index in [1.165, 1.54) is 12.1 Å². The number of carbonyl (C=O) groups is 1. The fraction of sp³-hybridized carbons (Fsp3) is 0.217. The van der Waals surface area contributed by atoms with Gasteiger partial charge in [-0.1, -0.05) is 18.2 Å². The Balaban J connectivity index is 1.36. The lowest BCUT2D eigenvalue weighted by molar-refractivity contribution is 0.102. The van der Waals surface area contributed by atoms with Gasteiger partial charge in [-0.05, 0) is 55.0 Å². The van der Waals surface area contributed by atoms with E-state index in [0.717, 1.165) is 43.2 Å². The molecule has 29 heavy (non-hydrogen) atoms. The van der Waals surface area contributed by atoms with E-state index in [1.54, 1.807) is 6.20 Å². The predicted octanol–water partition coefficient (Wildman–Crippen LogP) is 4.11. The van der Waals surface area contributed by atoms with Crippen molar-refractivity contribution in [2.75, 3.05) is 41.3 Å². The molecule has 1 saturated heterocycles. The summed E-state index contributed by atoms with van der Waals surface area (Å²) in [6, 6.07) is 17.9. The molecule has 0 saturated carbocycles. The molecule has 1 N–H and O–H groups in total. The number of hydrogen-bond acceptors (Lipinski definition) is 4. The lowest BCUT2D eigenvalue weighted by Crippen LogP contribution is -2.46. The van der Waals surface area contributed by atoms with Crippen LogP contribution in [-0.4, -0.2) is 37.1 Å². The number of halogens is 1. The molecule has 1 aliphatic heterocycles. The van der Waals surface area contributed by atoms with Crippen LogP contribution >= 0.6 is 0 Å². The molecule has 4 rings (SSSR count). The summed E-state index contributed by atoms with van der Waals surface area (Å²) in [7, 11) is 0. The molecule has 2 aromatic carbocycles. The Labute approximate surface area is 169 Å². The molecule has 148 valence electrons. The summed E-state index contributed by atoms with van der Waals surface area (Å²) < 4.78 is 13.1. The third-order valence-corrected chi connectivity index (χ3v) is 5.19. The molecule has 5 nitrogen and oxygen atoms in total. The SMILES string of the molecule is Cc1ccccc1C(=O)Nc1ccc(N2CCN(c3ccc(F)cc3)CC2)nc1. The van der Waals surface area contributed by atoms with Crippen LogP contribution in [0, 0.1) is 12.7 Å². The second kappa shape index (κ2) is 8.31. The molecular weight excluding hydrogens is 367 g/mol. The maximum atomic E-state index is 13.1. The Morgan fingerprint density at radius 2 is 1.62 bits per heavy atom. The van der Waals surface area contributed by atoms with Gasteiger partial charge in [0.2, 0.25) is 0 Å². The first kappa shape index (κ1) is 18.9. The summed E-state index contributed by atoms with van der Waals surface area (Å²) in [6.45, 7) is 5.28. The topological polar surface area (TPSA) is 48.5 Å². The van der Waals surface area contributed by atoms with Gasteiger partial charge in [0.1, 0.15) is 11.6 Å². The fourth-order valence-electron chi connectivity index (χ4n) is 3.52. The van der Waals surface area contributed by atoms with Crippen LogP contribution in [0.4, 0.5) is 21.6 Å². The number of hydrogen-bond donors (Lipinski definition) is 1. The first-order valence-corrected chi connectivity index (χ1v) is 9.69. The summed E-state index contributed by atoms with van der Waals surface area (Å²) in [4.78, 5) is 21.4. The number of aromatic nitrogens is 1. The largest absolute Gasteiger partial charge is 0.368 e. The third-order valence-electron chi connectivity index (χ3n) is 5.19. The van der Waals surface area contributed by atoms with Crippen molar-refractivity contribution < 1.29 is 9.18 Å². The van der Waals surface area contributed by atoms with Crippen LogP contribution in [0.1, 0.15) is 15.9 Å². The number of piperazine rings is 1. The number of aryl methyl sites for hydroxylation is 1. The molecule has 6 heteroatoms. The van der Waals surface area contributed by atoms with Gasteiger partial charge in [-0.25, -0.2) is 9.37 Å². The number of pyridine rings is 1. The van der Waals surface area contributed by atoms with Gasteiger partial charge >= 0.3 is 0 Å². The van der Waals surface area contributed by atoms with Crippen molar-refractivity contribution in [1.29, 1.82) is 0 Å². The molecule has 1 fully saturated rings. The van der Waals surface area contributed by atoms with Crippen LogP contribution in [0.15, 0.2) is 66.9 Å². The van der Waals surface area contributed by atoms with Crippen LogP contribution in [0.5, 0.6) is 0 Å². The van der Waals surface area contributed by atoms with Gasteiger partial charge < -0.3 is 15.1 Å². The third kappa shape index (κ3) is 4.37. The number of rotatable bonds is 4. The number of benzene rings is 2. The van der Waals surface area contributed by atoms with Gasteiger partial charge in [0.25, 0.3) is 5.91 Å². The Hall–Kier alpha value is -3.41. The van der Waals surface area contributed by atoms with Crippen molar-refractivity contribution in [2.45, 2.75) is 6.92 Å². The van der Waals surface area contributed by atoms with E-state index in [1.807, 2.05) is 55.5 Å². The van der Waals surface area contributed by atoms with Gasteiger partial charge in [-0.15, -0.1) is 0 Å². The van der Waals surface area contributed by atoms with Crippen LogP contribution < -0.4 is 15.1 Å². The zero-order chi connectivity index (χ0) is 20.2. The first-order valence-electron chi connectivity index (χ1n) is 9.69. The molecule has 1 amide bonds. The van der Waals surface area contributed by atoms with Crippen molar-refractivity contribution in [1.82, 2.24) is 4.98 Å². The smallest absolute Gasteiger partial charge is 0.255 e. The second-order valence-electron chi connectivity index (χ2n) is 7.12. The van der Waals surface area contributed by atoms with E-state index in [0.29, 0.717) is 11.3 Å². The van der Waals surface area contributed by atoms with Crippen molar-refractivity contribution in [3.63, 3.8) is 0 Å². The molecule has 0 aliphatic carbocycles. The first-order chi connectivity index (χ1) is 14.1. The molecule has 0 bridgehead atoms. The molecule has 0 spiro atoms. The quantitative estimate of drug-likeness (QED) is 0.728. The summed E-state index contributed by atoms with van der Waals surface area (Å²) in [5.74, 6) is 0.536. The molecule has 2 heterocycles. The molecule has 1 aromatic heterocycles. The second-order valence-corrected chi connectivity index (χ2v) is 7.12. The minimum absolute atomic E-state index is 0.134. The highest BCUT2D eigenvalue weighted by Gasteiger charge is 2.18. The highest BCUT2D eigenvalue weighted by Crippen LogP contribution is 2.21. The molecule has 0 atom stereocenters. The van der Waals surface area contributed by atoms with E-state index in [9.17, 15) is 9.18 Å². The number of amides is 1.